The Morgan fingerprint density at radius 2 is 2.29 bits per heavy atom. The number of aromatic nitrogens is 1. The Labute approximate surface area is 122 Å². The minimum absolute atomic E-state index is 0.00225. The van der Waals surface area contributed by atoms with E-state index in [-0.39, 0.29) is 11.2 Å². The van der Waals surface area contributed by atoms with Crippen LogP contribution in [0.15, 0.2) is 12.1 Å². The van der Waals surface area contributed by atoms with Gasteiger partial charge < -0.3 is 19.5 Å². The molecule has 0 radical (unpaired) electrons. The van der Waals surface area contributed by atoms with Gasteiger partial charge in [0.15, 0.2) is 5.69 Å². The lowest BCUT2D eigenvalue weighted by Gasteiger charge is -2.58. The summed E-state index contributed by atoms with van der Waals surface area (Å²) in [6.07, 6.45) is 3.44. The first-order valence-corrected chi connectivity index (χ1v) is 7.40. The fourth-order valence-corrected chi connectivity index (χ4v) is 2.93. The molecule has 112 valence electrons. The molecule has 4 rings (SSSR count). The summed E-state index contributed by atoms with van der Waals surface area (Å²) in [4.78, 5) is 17.8. The zero-order chi connectivity index (χ0) is 14.4. The van der Waals surface area contributed by atoms with Crippen LogP contribution in [0.25, 0.3) is 0 Å². The second-order valence-electron chi connectivity index (χ2n) is 6.20. The molecule has 3 aliphatic rings. The van der Waals surface area contributed by atoms with E-state index in [4.69, 9.17) is 9.47 Å². The number of anilines is 1. The van der Waals surface area contributed by atoms with Crippen LogP contribution in [0.3, 0.4) is 0 Å². The number of carboxylic acid groups (broad SMARTS) is 1. The second-order valence-corrected chi connectivity index (χ2v) is 6.20. The van der Waals surface area contributed by atoms with Gasteiger partial charge in [0, 0.05) is 12.6 Å². The molecule has 1 aliphatic carbocycles. The predicted molar refractivity (Wildman–Crippen MR) is 74.9 cm³/mol. The van der Waals surface area contributed by atoms with Gasteiger partial charge in [0.05, 0.1) is 31.0 Å². The van der Waals surface area contributed by atoms with Crippen LogP contribution in [0, 0.1) is 5.92 Å². The third kappa shape index (κ3) is 2.14. The molecule has 1 spiro atoms. The fourth-order valence-electron chi connectivity index (χ4n) is 2.93. The molecule has 0 aromatic carbocycles. The molecule has 6 nitrogen and oxygen atoms in total. The van der Waals surface area contributed by atoms with Crippen LogP contribution >= 0.6 is 0 Å². The molecule has 3 heterocycles. The van der Waals surface area contributed by atoms with Crippen LogP contribution in [-0.2, 0) is 4.74 Å². The maximum atomic E-state index is 11.5. The SMILES string of the molecule is O=C(O)c1nc(OCC2CC2)ccc1N1CCC12COC2. The smallest absolute Gasteiger partial charge is 0.356 e. The van der Waals surface area contributed by atoms with Gasteiger partial charge in [0.25, 0.3) is 0 Å². The highest BCUT2D eigenvalue weighted by Gasteiger charge is 2.51. The van der Waals surface area contributed by atoms with Gasteiger partial charge in [-0.2, -0.15) is 0 Å². The standard InChI is InChI=1S/C15H18N2O4/c18-14(19)13-11(17-6-5-15(17)8-20-9-15)3-4-12(16-13)21-7-10-1-2-10/h3-4,10H,1-2,5-9H2,(H,18,19). The largest absolute Gasteiger partial charge is 0.477 e. The summed E-state index contributed by atoms with van der Waals surface area (Å²) in [5.74, 6) is 0.0113. The molecule has 0 atom stereocenters. The maximum Gasteiger partial charge on any atom is 0.356 e. The summed E-state index contributed by atoms with van der Waals surface area (Å²) < 4.78 is 10.9. The van der Waals surface area contributed by atoms with Crippen molar-refractivity contribution in [2.75, 3.05) is 31.3 Å². The lowest BCUT2D eigenvalue weighted by Crippen LogP contribution is -2.71. The van der Waals surface area contributed by atoms with Crippen LogP contribution < -0.4 is 9.64 Å². The first-order chi connectivity index (χ1) is 10.2. The average Bonchev–Trinajstić information content (AvgIpc) is 3.18. The number of carboxylic acids is 1. The van der Waals surface area contributed by atoms with Gasteiger partial charge in [-0.25, -0.2) is 9.78 Å². The van der Waals surface area contributed by atoms with Crippen molar-refractivity contribution < 1.29 is 19.4 Å². The molecular weight excluding hydrogens is 272 g/mol. The first-order valence-electron chi connectivity index (χ1n) is 7.40. The molecule has 2 aliphatic heterocycles. The number of nitrogens with zero attached hydrogens (tertiary/aromatic N) is 2. The van der Waals surface area contributed by atoms with Crippen molar-refractivity contribution in [2.24, 2.45) is 5.92 Å². The van der Waals surface area contributed by atoms with Crippen LogP contribution in [0.1, 0.15) is 29.8 Å². The Morgan fingerprint density at radius 3 is 2.81 bits per heavy atom. The van der Waals surface area contributed by atoms with Crippen LogP contribution in [0.5, 0.6) is 5.88 Å². The van der Waals surface area contributed by atoms with Crippen molar-refractivity contribution in [3.8, 4) is 5.88 Å². The van der Waals surface area contributed by atoms with Gasteiger partial charge in [0.1, 0.15) is 0 Å². The zero-order valence-electron chi connectivity index (χ0n) is 11.7. The van der Waals surface area contributed by atoms with Gasteiger partial charge >= 0.3 is 5.97 Å². The fraction of sp³-hybridized carbons (Fsp3) is 0.600. The van der Waals surface area contributed by atoms with Crippen molar-refractivity contribution >= 4 is 11.7 Å². The molecule has 1 N–H and O–H groups in total. The Hall–Kier alpha value is -1.82. The summed E-state index contributed by atoms with van der Waals surface area (Å²) in [5, 5.41) is 9.43. The van der Waals surface area contributed by atoms with E-state index in [1.165, 1.54) is 12.8 Å². The van der Waals surface area contributed by atoms with Crippen molar-refractivity contribution in [3.63, 3.8) is 0 Å². The van der Waals surface area contributed by atoms with E-state index in [9.17, 15) is 9.90 Å². The summed E-state index contributed by atoms with van der Waals surface area (Å²) in [5.41, 5.74) is 0.757. The Balaban J connectivity index is 1.58. The van der Waals surface area contributed by atoms with Gasteiger partial charge in [-0.3, -0.25) is 0 Å². The highest BCUT2D eigenvalue weighted by molar-refractivity contribution is 5.93. The van der Waals surface area contributed by atoms with Crippen molar-refractivity contribution in [3.05, 3.63) is 17.8 Å². The maximum absolute atomic E-state index is 11.5. The molecule has 2 saturated heterocycles. The number of carbonyl (C=O) groups is 1. The molecule has 0 bridgehead atoms. The number of hydrogen-bond acceptors (Lipinski definition) is 5. The third-order valence-corrected chi connectivity index (χ3v) is 4.62. The third-order valence-electron chi connectivity index (χ3n) is 4.62. The van der Waals surface area contributed by atoms with Crippen molar-refractivity contribution in [1.29, 1.82) is 0 Å². The number of pyridine rings is 1. The normalized spacial score (nSPS) is 22.6. The summed E-state index contributed by atoms with van der Waals surface area (Å²) in [6, 6.07) is 3.59. The second kappa shape index (κ2) is 4.59. The molecular formula is C15H18N2O4. The quantitative estimate of drug-likeness (QED) is 0.887. The molecule has 1 aromatic heterocycles. The van der Waals surface area contributed by atoms with Gasteiger partial charge in [-0.1, -0.05) is 0 Å². The van der Waals surface area contributed by atoms with E-state index >= 15 is 0 Å². The monoisotopic (exact) mass is 290 g/mol. The van der Waals surface area contributed by atoms with Crippen LogP contribution in [-0.4, -0.2) is 48.0 Å². The van der Waals surface area contributed by atoms with E-state index in [1.54, 1.807) is 6.07 Å². The average molecular weight is 290 g/mol. The first kappa shape index (κ1) is 12.9. The number of aromatic carboxylic acids is 1. The highest BCUT2D eigenvalue weighted by Crippen LogP contribution is 2.42. The van der Waals surface area contributed by atoms with Crippen molar-refractivity contribution in [1.82, 2.24) is 4.98 Å². The summed E-state index contributed by atoms with van der Waals surface area (Å²) >= 11 is 0. The zero-order valence-corrected chi connectivity index (χ0v) is 11.7. The van der Waals surface area contributed by atoms with Crippen LogP contribution in [0.2, 0.25) is 0 Å². The van der Waals surface area contributed by atoms with E-state index < -0.39 is 5.97 Å². The number of hydrogen-bond donors (Lipinski definition) is 1. The van der Waals surface area contributed by atoms with E-state index in [2.05, 4.69) is 9.88 Å². The minimum atomic E-state index is -1.01. The Morgan fingerprint density at radius 1 is 1.48 bits per heavy atom. The minimum Gasteiger partial charge on any atom is -0.477 e. The van der Waals surface area contributed by atoms with Crippen LogP contribution in [0.4, 0.5) is 5.69 Å². The van der Waals surface area contributed by atoms with E-state index in [1.807, 2.05) is 6.07 Å². The lowest BCUT2D eigenvalue weighted by molar-refractivity contribution is -0.0848. The van der Waals surface area contributed by atoms with E-state index in [0.29, 0.717) is 37.3 Å². The molecule has 1 saturated carbocycles. The van der Waals surface area contributed by atoms with Gasteiger partial charge in [-0.05, 0) is 31.2 Å². The topological polar surface area (TPSA) is 71.9 Å². The lowest BCUT2D eigenvalue weighted by atomic mass is 9.82. The highest BCUT2D eigenvalue weighted by atomic mass is 16.5. The number of ether oxygens (including phenoxy) is 2. The summed E-state index contributed by atoms with van der Waals surface area (Å²) in [6.45, 7) is 2.83. The Kier molecular flexibility index (Phi) is 2.82. The van der Waals surface area contributed by atoms with Gasteiger partial charge in [0.2, 0.25) is 5.88 Å². The number of rotatable bonds is 5. The van der Waals surface area contributed by atoms with E-state index in [0.717, 1.165) is 13.0 Å². The molecule has 0 amide bonds. The summed E-state index contributed by atoms with van der Waals surface area (Å²) in [7, 11) is 0. The predicted octanol–water partition coefficient (Wildman–Crippen LogP) is 1.55. The molecule has 1 aromatic rings. The molecule has 21 heavy (non-hydrogen) atoms. The van der Waals surface area contributed by atoms with Gasteiger partial charge in [-0.15, -0.1) is 0 Å². The van der Waals surface area contributed by atoms with Crippen molar-refractivity contribution in [2.45, 2.75) is 24.8 Å². The molecule has 0 unspecified atom stereocenters. The molecule has 6 heteroatoms. The molecule has 3 fully saturated rings. The Bertz CT molecular complexity index is 576.